The summed E-state index contributed by atoms with van der Waals surface area (Å²) in [5.41, 5.74) is 2.45. The molecule has 2 aromatic rings. The van der Waals surface area contributed by atoms with Crippen LogP contribution >= 0.6 is 31.9 Å². The first-order valence-corrected chi connectivity index (χ1v) is 6.31. The van der Waals surface area contributed by atoms with Gasteiger partial charge in [-0.05, 0) is 24.6 Å². The highest BCUT2D eigenvalue weighted by Gasteiger charge is 2.05. The summed E-state index contributed by atoms with van der Waals surface area (Å²) in [5, 5.41) is 6.51. The fraction of sp³-hybridized carbons (Fsp3) is 0.300. The van der Waals surface area contributed by atoms with Gasteiger partial charge in [0.15, 0.2) is 0 Å². The number of halogens is 2. The van der Waals surface area contributed by atoms with E-state index in [2.05, 4.69) is 56.0 Å². The first-order chi connectivity index (χ1) is 6.72. The van der Waals surface area contributed by atoms with E-state index in [1.54, 1.807) is 0 Å². The van der Waals surface area contributed by atoms with Gasteiger partial charge in [-0.3, -0.25) is 4.68 Å². The second kappa shape index (κ2) is 4.03. The lowest BCUT2D eigenvalue weighted by Crippen LogP contribution is -2.00. The number of alkyl halides is 1. The van der Waals surface area contributed by atoms with Crippen LogP contribution in [0.25, 0.3) is 10.9 Å². The van der Waals surface area contributed by atoms with Gasteiger partial charge in [-0.2, -0.15) is 5.10 Å². The number of benzene rings is 1. The Morgan fingerprint density at radius 2 is 2.21 bits per heavy atom. The maximum absolute atomic E-state index is 4.35. The second-order valence-corrected chi connectivity index (χ2v) is 4.92. The normalized spacial score (nSPS) is 11.1. The number of hydrogen-bond donors (Lipinski definition) is 0. The van der Waals surface area contributed by atoms with Crippen LogP contribution in [0.15, 0.2) is 22.8 Å². The molecule has 0 N–H and O–H groups in total. The molecule has 0 aliphatic rings. The van der Waals surface area contributed by atoms with Crippen LogP contribution < -0.4 is 0 Å². The molecule has 14 heavy (non-hydrogen) atoms. The van der Waals surface area contributed by atoms with Crippen molar-refractivity contribution in [1.29, 1.82) is 0 Å². The lowest BCUT2D eigenvalue weighted by Gasteiger charge is -2.02. The van der Waals surface area contributed by atoms with Crippen molar-refractivity contribution in [3.05, 3.63) is 28.4 Å². The van der Waals surface area contributed by atoms with Crippen molar-refractivity contribution >= 4 is 42.8 Å². The molecule has 2 rings (SSSR count). The number of rotatable bonds is 2. The van der Waals surface area contributed by atoms with Gasteiger partial charge in [0.1, 0.15) is 0 Å². The highest BCUT2D eigenvalue weighted by molar-refractivity contribution is 9.10. The second-order valence-electron chi connectivity index (χ2n) is 3.21. The highest BCUT2D eigenvalue weighted by Crippen LogP contribution is 2.23. The van der Waals surface area contributed by atoms with Crippen molar-refractivity contribution in [2.75, 3.05) is 5.33 Å². The number of hydrogen-bond acceptors (Lipinski definition) is 1. The molecule has 0 saturated carbocycles. The van der Waals surface area contributed by atoms with Gasteiger partial charge in [-0.15, -0.1) is 0 Å². The van der Waals surface area contributed by atoms with E-state index < -0.39 is 0 Å². The summed E-state index contributed by atoms with van der Waals surface area (Å²) in [7, 11) is 0. The topological polar surface area (TPSA) is 17.8 Å². The molecular weight excluding hydrogens is 308 g/mol. The molecule has 0 unspecified atom stereocenters. The Labute approximate surface area is 99.6 Å². The third kappa shape index (κ3) is 1.73. The van der Waals surface area contributed by atoms with Gasteiger partial charge in [0.25, 0.3) is 0 Å². The van der Waals surface area contributed by atoms with Crippen molar-refractivity contribution < 1.29 is 0 Å². The van der Waals surface area contributed by atoms with E-state index in [1.807, 2.05) is 10.9 Å². The molecular formula is C10H10Br2N2. The Kier molecular flexibility index (Phi) is 2.93. The third-order valence-corrected chi connectivity index (χ3v) is 3.04. The summed E-state index contributed by atoms with van der Waals surface area (Å²) in [5.74, 6) is 0. The van der Waals surface area contributed by atoms with Crippen molar-refractivity contribution in [3.63, 3.8) is 0 Å². The molecule has 1 aromatic heterocycles. The van der Waals surface area contributed by atoms with Crippen LogP contribution in [0, 0.1) is 6.92 Å². The molecule has 0 radical (unpaired) electrons. The third-order valence-electron chi connectivity index (χ3n) is 2.23. The lowest BCUT2D eigenvalue weighted by atomic mass is 10.1. The maximum atomic E-state index is 4.35. The van der Waals surface area contributed by atoms with Crippen LogP contribution in [0.2, 0.25) is 0 Å². The van der Waals surface area contributed by atoms with Gasteiger partial charge in [-0.25, -0.2) is 0 Å². The molecule has 0 saturated heterocycles. The predicted octanol–water partition coefficient (Wildman–Crippen LogP) is 3.50. The quantitative estimate of drug-likeness (QED) is 0.775. The van der Waals surface area contributed by atoms with Crippen LogP contribution in [0.1, 0.15) is 5.56 Å². The zero-order valence-corrected chi connectivity index (χ0v) is 11.0. The van der Waals surface area contributed by atoms with E-state index in [0.29, 0.717) is 0 Å². The summed E-state index contributed by atoms with van der Waals surface area (Å²) in [6.45, 7) is 3.01. The Balaban J connectivity index is 2.66. The van der Waals surface area contributed by atoms with Gasteiger partial charge < -0.3 is 0 Å². The van der Waals surface area contributed by atoms with Crippen LogP contribution in [0.5, 0.6) is 0 Å². The van der Waals surface area contributed by atoms with Crippen molar-refractivity contribution in [2.45, 2.75) is 13.5 Å². The lowest BCUT2D eigenvalue weighted by molar-refractivity contribution is 0.693. The van der Waals surface area contributed by atoms with Gasteiger partial charge in [0.05, 0.1) is 18.3 Å². The van der Waals surface area contributed by atoms with Crippen LogP contribution in [0.3, 0.4) is 0 Å². The molecule has 1 heterocycles. The molecule has 0 aliphatic carbocycles. The van der Waals surface area contributed by atoms with Gasteiger partial charge >= 0.3 is 0 Å². The SMILES string of the molecule is Cc1cc(Br)cc2c1cnn2CCBr. The van der Waals surface area contributed by atoms with Crippen LogP contribution in [-0.2, 0) is 6.54 Å². The fourth-order valence-electron chi connectivity index (χ4n) is 1.57. The van der Waals surface area contributed by atoms with Crippen molar-refractivity contribution in [2.24, 2.45) is 0 Å². The summed E-state index contributed by atoms with van der Waals surface area (Å²) in [6, 6.07) is 4.22. The fourth-order valence-corrected chi connectivity index (χ4v) is 2.46. The minimum absolute atomic E-state index is 0.902. The number of aromatic nitrogens is 2. The van der Waals surface area contributed by atoms with Gasteiger partial charge in [-0.1, -0.05) is 31.9 Å². The number of fused-ring (bicyclic) bond motifs is 1. The van der Waals surface area contributed by atoms with E-state index in [4.69, 9.17) is 0 Å². The van der Waals surface area contributed by atoms with Gasteiger partial charge in [0.2, 0.25) is 0 Å². The molecule has 0 amide bonds. The Morgan fingerprint density at radius 1 is 1.43 bits per heavy atom. The Bertz CT molecular complexity index is 462. The van der Waals surface area contributed by atoms with Crippen LogP contribution in [0.4, 0.5) is 0 Å². The molecule has 4 heteroatoms. The zero-order valence-electron chi connectivity index (χ0n) is 7.80. The molecule has 74 valence electrons. The van der Waals surface area contributed by atoms with E-state index in [0.717, 1.165) is 16.3 Å². The molecule has 0 bridgehead atoms. The van der Waals surface area contributed by atoms with E-state index in [-0.39, 0.29) is 0 Å². The predicted molar refractivity (Wildman–Crippen MR) is 66.0 cm³/mol. The Hall–Kier alpha value is -0.350. The maximum Gasteiger partial charge on any atom is 0.0696 e. The highest BCUT2D eigenvalue weighted by atomic mass is 79.9. The molecule has 0 fully saturated rings. The average Bonchev–Trinajstić information content (AvgIpc) is 2.49. The minimum Gasteiger partial charge on any atom is -0.264 e. The summed E-state index contributed by atoms with van der Waals surface area (Å²) in [4.78, 5) is 0. The largest absolute Gasteiger partial charge is 0.264 e. The monoisotopic (exact) mass is 316 g/mol. The standard InChI is InChI=1S/C10H10Br2N2/c1-7-4-8(12)5-10-9(7)6-13-14(10)3-2-11/h4-6H,2-3H2,1H3. The van der Waals surface area contributed by atoms with Crippen molar-refractivity contribution in [3.8, 4) is 0 Å². The summed E-state index contributed by atoms with van der Waals surface area (Å²) in [6.07, 6.45) is 1.93. The number of nitrogens with zero attached hydrogens (tertiary/aromatic N) is 2. The van der Waals surface area contributed by atoms with Crippen LogP contribution in [-0.4, -0.2) is 15.1 Å². The first-order valence-electron chi connectivity index (χ1n) is 4.40. The molecule has 0 aliphatic heterocycles. The van der Waals surface area contributed by atoms with E-state index >= 15 is 0 Å². The smallest absolute Gasteiger partial charge is 0.0696 e. The Morgan fingerprint density at radius 3 is 2.93 bits per heavy atom. The summed E-state index contributed by atoms with van der Waals surface area (Å²) < 4.78 is 3.13. The van der Waals surface area contributed by atoms with E-state index in [1.165, 1.54) is 16.5 Å². The first kappa shape index (κ1) is 10.2. The number of aryl methyl sites for hydroxylation is 2. The molecule has 0 atom stereocenters. The average molecular weight is 318 g/mol. The molecule has 1 aromatic carbocycles. The molecule has 2 nitrogen and oxygen atoms in total. The molecule has 0 spiro atoms. The van der Waals surface area contributed by atoms with E-state index in [9.17, 15) is 0 Å². The zero-order chi connectivity index (χ0) is 10.1. The minimum atomic E-state index is 0.902. The van der Waals surface area contributed by atoms with Crippen molar-refractivity contribution in [1.82, 2.24) is 9.78 Å². The van der Waals surface area contributed by atoms with Gasteiger partial charge in [0, 0.05) is 15.2 Å². The summed E-state index contributed by atoms with van der Waals surface area (Å²) >= 11 is 6.92.